The Bertz CT molecular complexity index is 702. The zero-order valence-electron chi connectivity index (χ0n) is 15.5. The van der Waals surface area contributed by atoms with Crippen LogP contribution in [-0.2, 0) is 9.59 Å². The fourth-order valence-electron chi connectivity index (χ4n) is 3.44. The maximum atomic E-state index is 12.9. The lowest BCUT2D eigenvalue weighted by Crippen LogP contribution is -2.24. The van der Waals surface area contributed by atoms with Crippen LogP contribution in [0.15, 0.2) is 46.8 Å². The number of rotatable bonds is 8. The van der Waals surface area contributed by atoms with Gasteiger partial charge in [0, 0.05) is 40.6 Å². The molecule has 0 radical (unpaired) electrons. The molecule has 4 nitrogen and oxygen atoms in total. The maximum Gasteiger partial charge on any atom is 0.186 e. The van der Waals surface area contributed by atoms with Crippen LogP contribution < -0.4 is 5.73 Å². The lowest BCUT2D eigenvalue weighted by atomic mass is 9.76. The van der Waals surface area contributed by atoms with E-state index in [2.05, 4.69) is 4.98 Å². The van der Waals surface area contributed by atoms with E-state index >= 15 is 0 Å². The molecular formula is C21H28N2O2. The van der Waals surface area contributed by atoms with E-state index < -0.39 is 0 Å². The summed E-state index contributed by atoms with van der Waals surface area (Å²) < 4.78 is 0. The van der Waals surface area contributed by atoms with Crippen LogP contribution in [0.2, 0.25) is 0 Å². The van der Waals surface area contributed by atoms with Crippen molar-refractivity contribution >= 4 is 11.6 Å². The Labute approximate surface area is 150 Å². The zero-order chi connectivity index (χ0) is 18.4. The Morgan fingerprint density at radius 3 is 2.28 bits per heavy atom. The summed E-state index contributed by atoms with van der Waals surface area (Å²) in [6.45, 7) is 5.99. The van der Waals surface area contributed by atoms with E-state index in [1.54, 1.807) is 27.0 Å². The topological polar surface area (TPSA) is 73.1 Å². The molecule has 134 valence electrons. The van der Waals surface area contributed by atoms with Gasteiger partial charge in [0.2, 0.25) is 0 Å². The summed E-state index contributed by atoms with van der Waals surface area (Å²) in [6.07, 6.45) is 8.58. The number of ketones is 2. The smallest absolute Gasteiger partial charge is 0.186 e. The molecule has 1 aromatic heterocycles. The molecule has 4 heteroatoms. The number of hydrogen-bond donors (Lipinski definition) is 1. The van der Waals surface area contributed by atoms with Crippen LogP contribution >= 0.6 is 0 Å². The van der Waals surface area contributed by atoms with Crippen molar-refractivity contribution in [1.29, 1.82) is 0 Å². The highest BCUT2D eigenvalue weighted by Crippen LogP contribution is 2.37. The van der Waals surface area contributed by atoms with Crippen molar-refractivity contribution in [3.05, 3.63) is 52.4 Å². The Balaban J connectivity index is 2.32. The normalized spacial score (nSPS) is 16.6. The molecule has 0 saturated carbocycles. The van der Waals surface area contributed by atoms with Gasteiger partial charge >= 0.3 is 0 Å². The first kappa shape index (κ1) is 19.3. The van der Waals surface area contributed by atoms with Crippen LogP contribution in [0, 0.1) is 0 Å². The van der Waals surface area contributed by atoms with Gasteiger partial charge < -0.3 is 5.73 Å². The standard InChI is InChI=1S/C21H28N2O2/c1-14-15(2)21(25)19(16(3)20(14)24)18(10-6-4-5-7-11-22)17-9-8-12-23-13-17/h8-9,12-13,18H,4-7,10-11,22H2,1-3H3. The molecule has 0 aliphatic heterocycles. The molecule has 1 unspecified atom stereocenters. The van der Waals surface area contributed by atoms with Crippen molar-refractivity contribution in [2.45, 2.75) is 58.8 Å². The van der Waals surface area contributed by atoms with Gasteiger partial charge in [-0.05, 0) is 51.8 Å². The molecule has 2 N–H and O–H groups in total. The molecular weight excluding hydrogens is 312 g/mol. The van der Waals surface area contributed by atoms with E-state index in [0.29, 0.717) is 28.8 Å². The van der Waals surface area contributed by atoms with Gasteiger partial charge in [0.15, 0.2) is 11.6 Å². The van der Waals surface area contributed by atoms with E-state index in [1.807, 2.05) is 18.3 Å². The monoisotopic (exact) mass is 340 g/mol. The van der Waals surface area contributed by atoms with E-state index in [1.165, 1.54) is 0 Å². The molecule has 0 amide bonds. The third kappa shape index (κ3) is 4.31. The minimum absolute atomic E-state index is 0.00501. The molecule has 2 rings (SSSR count). The summed E-state index contributed by atoms with van der Waals surface area (Å²) in [5, 5.41) is 0. The molecule has 0 bridgehead atoms. The highest BCUT2D eigenvalue weighted by molar-refractivity contribution is 6.25. The Morgan fingerprint density at radius 2 is 1.64 bits per heavy atom. The molecule has 0 spiro atoms. The second kappa shape index (κ2) is 8.86. The summed E-state index contributed by atoms with van der Waals surface area (Å²) in [5.41, 5.74) is 8.94. The van der Waals surface area contributed by atoms with Crippen LogP contribution in [0.4, 0.5) is 0 Å². The first-order valence-corrected chi connectivity index (χ1v) is 9.06. The molecule has 1 aliphatic carbocycles. The van der Waals surface area contributed by atoms with E-state index in [0.717, 1.165) is 37.7 Å². The van der Waals surface area contributed by atoms with E-state index in [9.17, 15) is 9.59 Å². The molecule has 0 saturated heterocycles. The van der Waals surface area contributed by atoms with Crippen molar-refractivity contribution in [1.82, 2.24) is 4.98 Å². The molecule has 25 heavy (non-hydrogen) atoms. The molecule has 1 atom stereocenters. The maximum absolute atomic E-state index is 12.9. The SMILES string of the molecule is CC1=C(C)C(=O)C(C(CCCCCCN)c2cccnc2)=C(C)C1=O. The van der Waals surface area contributed by atoms with Crippen LogP contribution in [0.1, 0.15) is 64.4 Å². The Hall–Kier alpha value is -2.07. The van der Waals surface area contributed by atoms with E-state index in [-0.39, 0.29) is 17.5 Å². The number of hydrogen-bond acceptors (Lipinski definition) is 4. The summed E-state index contributed by atoms with van der Waals surface area (Å²) >= 11 is 0. The zero-order valence-corrected chi connectivity index (χ0v) is 15.5. The minimum Gasteiger partial charge on any atom is -0.330 e. The predicted octanol–water partition coefficient (Wildman–Crippen LogP) is 3.88. The third-order valence-corrected chi connectivity index (χ3v) is 5.12. The Morgan fingerprint density at radius 1 is 0.960 bits per heavy atom. The number of nitrogens with zero attached hydrogens (tertiary/aromatic N) is 1. The highest BCUT2D eigenvalue weighted by Gasteiger charge is 2.33. The third-order valence-electron chi connectivity index (χ3n) is 5.12. The van der Waals surface area contributed by atoms with Gasteiger partial charge in [0.25, 0.3) is 0 Å². The first-order valence-electron chi connectivity index (χ1n) is 9.06. The van der Waals surface area contributed by atoms with Gasteiger partial charge in [-0.1, -0.05) is 25.3 Å². The molecule has 1 aliphatic rings. The fourth-order valence-corrected chi connectivity index (χ4v) is 3.44. The number of carbonyl (C=O) groups is 2. The van der Waals surface area contributed by atoms with Gasteiger partial charge in [0.05, 0.1) is 0 Å². The number of allylic oxidation sites excluding steroid dienone is 4. The van der Waals surface area contributed by atoms with E-state index in [4.69, 9.17) is 5.73 Å². The number of carbonyl (C=O) groups excluding carboxylic acids is 2. The summed E-state index contributed by atoms with van der Waals surface area (Å²) in [7, 11) is 0. The second-order valence-electron chi connectivity index (χ2n) is 6.78. The van der Waals surface area contributed by atoms with Gasteiger partial charge in [-0.25, -0.2) is 0 Å². The van der Waals surface area contributed by atoms with Crippen molar-refractivity contribution in [2.75, 3.05) is 6.54 Å². The van der Waals surface area contributed by atoms with Crippen LogP contribution in [0.3, 0.4) is 0 Å². The summed E-state index contributed by atoms with van der Waals surface area (Å²) in [5.74, 6) is -0.0828. The number of nitrogens with two attached hydrogens (primary N) is 1. The summed E-state index contributed by atoms with van der Waals surface area (Å²) in [4.78, 5) is 29.7. The van der Waals surface area contributed by atoms with Crippen molar-refractivity contribution in [3.8, 4) is 0 Å². The minimum atomic E-state index is -0.0777. The van der Waals surface area contributed by atoms with Gasteiger partial charge in [-0.3, -0.25) is 14.6 Å². The Kier molecular flexibility index (Phi) is 6.82. The largest absolute Gasteiger partial charge is 0.330 e. The summed E-state index contributed by atoms with van der Waals surface area (Å²) in [6, 6.07) is 3.88. The number of unbranched alkanes of at least 4 members (excludes halogenated alkanes) is 3. The predicted molar refractivity (Wildman–Crippen MR) is 100 cm³/mol. The van der Waals surface area contributed by atoms with Crippen molar-refractivity contribution in [2.24, 2.45) is 5.73 Å². The fraction of sp³-hybridized carbons (Fsp3) is 0.476. The molecule has 0 aromatic carbocycles. The van der Waals surface area contributed by atoms with Gasteiger partial charge in [-0.2, -0.15) is 0 Å². The second-order valence-corrected chi connectivity index (χ2v) is 6.78. The molecule has 1 heterocycles. The number of aromatic nitrogens is 1. The molecule has 1 aromatic rings. The van der Waals surface area contributed by atoms with Crippen molar-refractivity contribution < 1.29 is 9.59 Å². The van der Waals surface area contributed by atoms with Crippen molar-refractivity contribution in [3.63, 3.8) is 0 Å². The first-order chi connectivity index (χ1) is 12.0. The van der Waals surface area contributed by atoms with Crippen LogP contribution in [-0.4, -0.2) is 23.1 Å². The lowest BCUT2D eigenvalue weighted by molar-refractivity contribution is -0.116. The lowest BCUT2D eigenvalue weighted by Gasteiger charge is -2.26. The average Bonchev–Trinajstić information content (AvgIpc) is 2.64. The number of Topliss-reactive ketones (excluding diaryl/α,β-unsaturated/α-hetero) is 2. The van der Waals surface area contributed by atoms with Crippen LogP contribution in [0.5, 0.6) is 0 Å². The number of pyridine rings is 1. The van der Waals surface area contributed by atoms with Gasteiger partial charge in [-0.15, -0.1) is 0 Å². The average molecular weight is 340 g/mol. The molecule has 0 fully saturated rings. The van der Waals surface area contributed by atoms with Crippen LogP contribution in [0.25, 0.3) is 0 Å². The highest BCUT2D eigenvalue weighted by atomic mass is 16.1. The quantitative estimate of drug-likeness (QED) is 0.576. The van der Waals surface area contributed by atoms with Gasteiger partial charge in [0.1, 0.15) is 0 Å².